The summed E-state index contributed by atoms with van der Waals surface area (Å²) in [4.78, 5) is -0.185. The van der Waals surface area contributed by atoms with Gasteiger partial charge in [-0.25, -0.2) is 18.2 Å². The molecular formula is C17H14Cl2F3N3O3S. The van der Waals surface area contributed by atoms with Crippen molar-refractivity contribution in [1.82, 2.24) is 9.78 Å². The number of allylic oxidation sites excluding steroid dienone is 2. The minimum absolute atomic E-state index is 0.0809. The van der Waals surface area contributed by atoms with E-state index in [1.807, 2.05) is 0 Å². The molecule has 0 spiro atoms. The monoisotopic (exact) mass is 467 g/mol. The Balaban J connectivity index is 2.12. The lowest BCUT2D eigenvalue weighted by Crippen LogP contribution is -2.33. The maximum absolute atomic E-state index is 13.3. The molecule has 2 aromatic rings. The Bertz CT molecular complexity index is 1100. The summed E-state index contributed by atoms with van der Waals surface area (Å²) < 4.78 is 68.8. The van der Waals surface area contributed by atoms with E-state index in [-0.39, 0.29) is 16.3 Å². The van der Waals surface area contributed by atoms with Gasteiger partial charge in [-0.2, -0.15) is 18.3 Å². The van der Waals surface area contributed by atoms with Gasteiger partial charge in [-0.1, -0.05) is 23.8 Å². The van der Waals surface area contributed by atoms with Crippen LogP contribution in [-0.4, -0.2) is 35.7 Å². The number of hydrogen-bond acceptors (Lipinski definition) is 4. The van der Waals surface area contributed by atoms with Gasteiger partial charge in [-0.15, -0.1) is 11.6 Å². The van der Waals surface area contributed by atoms with Crippen molar-refractivity contribution < 1.29 is 26.3 Å². The average molecular weight is 468 g/mol. The first-order valence-corrected chi connectivity index (χ1v) is 10.3. The number of halogens is 5. The fraction of sp³-hybridized carbons (Fsp3) is 0.235. The zero-order valence-corrected chi connectivity index (χ0v) is 17.0. The molecule has 2 N–H and O–H groups in total. The van der Waals surface area contributed by atoms with Gasteiger partial charge >= 0.3 is 6.18 Å². The molecule has 1 heterocycles. The minimum Gasteiger partial charge on any atom is -0.357 e. The first kappa shape index (κ1) is 21.8. The van der Waals surface area contributed by atoms with Crippen molar-refractivity contribution in [3.05, 3.63) is 59.9 Å². The SMILES string of the molecule is COC1(Cl)C=CC(c2cc(C(F)(F)F)nn2-c2ccc(S(N)(=O)=O)cc2)=CC1Cl. The van der Waals surface area contributed by atoms with Crippen LogP contribution >= 0.6 is 23.2 Å². The highest BCUT2D eigenvalue weighted by Crippen LogP contribution is 2.38. The number of hydrogen-bond donors (Lipinski definition) is 1. The van der Waals surface area contributed by atoms with Crippen molar-refractivity contribution in [3.63, 3.8) is 0 Å². The van der Waals surface area contributed by atoms with Gasteiger partial charge in [0.1, 0.15) is 0 Å². The summed E-state index contributed by atoms with van der Waals surface area (Å²) in [5.74, 6) is 0. The largest absolute Gasteiger partial charge is 0.435 e. The van der Waals surface area contributed by atoms with Crippen LogP contribution in [0.5, 0.6) is 0 Å². The second kappa shape index (κ2) is 7.44. The van der Waals surface area contributed by atoms with Crippen LogP contribution in [0.4, 0.5) is 13.2 Å². The van der Waals surface area contributed by atoms with Gasteiger partial charge in [-0.05, 0) is 42.0 Å². The Morgan fingerprint density at radius 2 is 1.90 bits per heavy atom. The Labute approximate surface area is 174 Å². The standard InChI is InChI=1S/C17H14Cl2F3N3O3S/c1-28-16(19)7-6-10(8-14(16)18)13-9-15(17(20,21)22)24-25(13)11-2-4-12(5-3-11)29(23,26)27/h2-9,14H,1H3,(H2,23,26,27). The van der Waals surface area contributed by atoms with Crippen molar-refractivity contribution in [2.24, 2.45) is 5.14 Å². The third-order valence-corrected chi connectivity index (χ3v) is 6.22. The number of nitrogens with zero attached hydrogens (tertiary/aromatic N) is 2. The maximum Gasteiger partial charge on any atom is 0.435 e. The zero-order chi connectivity index (χ0) is 21.6. The number of methoxy groups -OCH3 is 1. The summed E-state index contributed by atoms with van der Waals surface area (Å²) in [6.07, 6.45) is -0.342. The van der Waals surface area contributed by atoms with E-state index in [9.17, 15) is 21.6 Å². The molecule has 2 unspecified atom stereocenters. The Hall–Kier alpha value is -1.85. The summed E-state index contributed by atoms with van der Waals surface area (Å²) in [6.45, 7) is 0. The topological polar surface area (TPSA) is 87.2 Å². The molecular weight excluding hydrogens is 454 g/mol. The predicted octanol–water partition coefficient (Wildman–Crippen LogP) is 3.68. The van der Waals surface area contributed by atoms with Crippen molar-refractivity contribution in [1.29, 1.82) is 0 Å². The number of alkyl halides is 5. The number of benzene rings is 1. The summed E-state index contributed by atoms with van der Waals surface area (Å²) in [6, 6.07) is 5.80. The van der Waals surface area contributed by atoms with Gasteiger partial charge in [0.05, 0.1) is 21.7 Å². The quantitative estimate of drug-likeness (QED) is 0.694. The van der Waals surface area contributed by atoms with Crippen LogP contribution in [0.25, 0.3) is 11.3 Å². The van der Waals surface area contributed by atoms with E-state index < -0.39 is 32.3 Å². The molecule has 1 aliphatic rings. The Morgan fingerprint density at radius 3 is 2.38 bits per heavy atom. The van der Waals surface area contributed by atoms with E-state index >= 15 is 0 Å². The van der Waals surface area contributed by atoms with E-state index in [1.54, 1.807) is 0 Å². The molecule has 3 rings (SSSR count). The van der Waals surface area contributed by atoms with E-state index in [2.05, 4.69) is 5.10 Å². The molecule has 0 amide bonds. The van der Waals surface area contributed by atoms with Crippen LogP contribution in [0.15, 0.2) is 53.5 Å². The lowest BCUT2D eigenvalue weighted by atomic mass is 10.0. The van der Waals surface area contributed by atoms with E-state index in [0.29, 0.717) is 5.57 Å². The normalized spacial score (nSPS) is 22.6. The number of primary sulfonamides is 1. The highest BCUT2D eigenvalue weighted by atomic mass is 35.5. The van der Waals surface area contributed by atoms with Gasteiger partial charge < -0.3 is 4.74 Å². The first-order valence-electron chi connectivity index (χ1n) is 7.95. The lowest BCUT2D eigenvalue weighted by Gasteiger charge is -2.28. The van der Waals surface area contributed by atoms with E-state index in [1.165, 1.54) is 49.6 Å². The number of ether oxygens (including phenoxy) is 1. The van der Waals surface area contributed by atoms with Crippen LogP contribution in [0.2, 0.25) is 0 Å². The van der Waals surface area contributed by atoms with Crippen LogP contribution in [0, 0.1) is 0 Å². The molecule has 0 radical (unpaired) electrons. The summed E-state index contributed by atoms with van der Waals surface area (Å²) in [5, 5.41) is 6.48. The molecule has 6 nitrogen and oxygen atoms in total. The van der Waals surface area contributed by atoms with Crippen LogP contribution in [0.1, 0.15) is 11.4 Å². The second-order valence-corrected chi connectivity index (χ2v) is 8.74. The molecule has 1 aromatic carbocycles. The first-order chi connectivity index (χ1) is 13.3. The molecule has 0 saturated heterocycles. The van der Waals surface area contributed by atoms with Crippen LogP contribution < -0.4 is 5.14 Å². The third kappa shape index (κ3) is 4.36. The van der Waals surface area contributed by atoms with Crippen molar-refractivity contribution in [3.8, 4) is 5.69 Å². The molecule has 2 atom stereocenters. The number of nitrogens with two attached hydrogens (primary N) is 1. The van der Waals surface area contributed by atoms with Crippen LogP contribution in [0.3, 0.4) is 0 Å². The summed E-state index contributed by atoms with van der Waals surface area (Å²) >= 11 is 12.4. The number of sulfonamides is 1. The molecule has 1 aromatic heterocycles. The molecule has 0 fully saturated rings. The van der Waals surface area contributed by atoms with Crippen LogP contribution in [-0.2, 0) is 20.9 Å². The maximum atomic E-state index is 13.3. The third-order valence-electron chi connectivity index (χ3n) is 4.21. The van der Waals surface area contributed by atoms with E-state index in [0.717, 1.165) is 10.7 Å². The smallest absolute Gasteiger partial charge is 0.357 e. The fourth-order valence-electron chi connectivity index (χ4n) is 2.67. The molecule has 0 bridgehead atoms. The second-order valence-electron chi connectivity index (χ2n) is 6.12. The van der Waals surface area contributed by atoms with Gasteiger partial charge in [-0.3, -0.25) is 0 Å². The Kier molecular flexibility index (Phi) is 5.61. The van der Waals surface area contributed by atoms with E-state index in [4.69, 9.17) is 33.1 Å². The average Bonchev–Trinajstić information content (AvgIpc) is 3.09. The van der Waals surface area contributed by atoms with Crippen molar-refractivity contribution >= 4 is 38.8 Å². The fourth-order valence-corrected chi connectivity index (χ4v) is 3.61. The van der Waals surface area contributed by atoms with Crippen molar-refractivity contribution in [2.45, 2.75) is 21.5 Å². The van der Waals surface area contributed by atoms with Crippen molar-refractivity contribution in [2.75, 3.05) is 7.11 Å². The Morgan fingerprint density at radius 1 is 1.28 bits per heavy atom. The zero-order valence-electron chi connectivity index (χ0n) is 14.7. The molecule has 1 aliphatic carbocycles. The van der Waals surface area contributed by atoms with Gasteiger partial charge in [0.25, 0.3) is 0 Å². The van der Waals surface area contributed by atoms with Gasteiger partial charge in [0, 0.05) is 7.11 Å². The molecule has 0 saturated carbocycles. The predicted molar refractivity (Wildman–Crippen MR) is 102 cm³/mol. The highest BCUT2D eigenvalue weighted by molar-refractivity contribution is 7.89. The molecule has 12 heteroatoms. The summed E-state index contributed by atoms with van der Waals surface area (Å²) in [7, 11) is -2.60. The molecule has 0 aliphatic heterocycles. The minimum atomic E-state index is -4.69. The molecule has 156 valence electrons. The van der Waals surface area contributed by atoms with Gasteiger partial charge in [0.15, 0.2) is 10.8 Å². The van der Waals surface area contributed by atoms with Gasteiger partial charge in [0.2, 0.25) is 10.0 Å². The highest BCUT2D eigenvalue weighted by Gasteiger charge is 2.38. The summed E-state index contributed by atoms with van der Waals surface area (Å²) in [5.41, 5.74) is -0.523. The number of aromatic nitrogens is 2. The number of rotatable bonds is 4. The molecule has 29 heavy (non-hydrogen) atoms. The lowest BCUT2D eigenvalue weighted by molar-refractivity contribution is -0.141.